The normalized spacial score (nSPS) is 10.2. The Morgan fingerprint density at radius 2 is 2.38 bits per heavy atom. The molecule has 4 nitrogen and oxygen atoms in total. The second-order valence-corrected chi connectivity index (χ2v) is 4.74. The molecule has 0 radical (unpaired) electrons. The first-order chi connectivity index (χ1) is 7.65. The maximum Gasteiger partial charge on any atom is 0.317 e. The van der Waals surface area contributed by atoms with Gasteiger partial charge in [0, 0.05) is 18.5 Å². The van der Waals surface area contributed by atoms with Crippen LogP contribution in [-0.4, -0.2) is 29.5 Å². The van der Waals surface area contributed by atoms with Crippen molar-refractivity contribution in [2.75, 3.05) is 13.6 Å². The van der Waals surface area contributed by atoms with Gasteiger partial charge >= 0.3 is 6.03 Å². The summed E-state index contributed by atoms with van der Waals surface area (Å²) in [5.41, 5.74) is 2.83. The number of hydrogen-bond donors (Lipinski definition) is 1. The van der Waals surface area contributed by atoms with Crippen LogP contribution in [0.3, 0.4) is 0 Å². The third kappa shape index (κ3) is 3.81. The van der Waals surface area contributed by atoms with Crippen LogP contribution in [0.4, 0.5) is 4.79 Å². The Bertz CT molecular complexity index is 338. The Morgan fingerprint density at radius 1 is 1.62 bits per heavy atom. The molecule has 16 heavy (non-hydrogen) atoms. The fourth-order valence-electron chi connectivity index (χ4n) is 1.27. The minimum absolute atomic E-state index is 0.0127. The number of rotatable bonds is 5. The lowest BCUT2D eigenvalue weighted by molar-refractivity contribution is 0.207. The van der Waals surface area contributed by atoms with Gasteiger partial charge in [-0.1, -0.05) is 13.3 Å². The molecule has 0 saturated heterocycles. The van der Waals surface area contributed by atoms with Crippen LogP contribution in [0.5, 0.6) is 0 Å². The van der Waals surface area contributed by atoms with Gasteiger partial charge in [0.2, 0.25) is 0 Å². The Labute approximate surface area is 101 Å². The Morgan fingerprint density at radius 3 is 2.94 bits per heavy atom. The van der Waals surface area contributed by atoms with Gasteiger partial charge in [0.15, 0.2) is 0 Å². The summed E-state index contributed by atoms with van der Waals surface area (Å²) in [6.45, 7) is 5.46. The smallest absolute Gasteiger partial charge is 0.317 e. The zero-order chi connectivity index (χ0) is 12.0. The Kier molecular flexibility index (Phi) is 5.25. The summed E-state index contributed by atoms with van der Waals surface area (Å²) in [6.07, 6.45) is 2.12. The number of amides is 2. The van der Waals surface area contributed by atoms with E-state index < -0.39 is 0 Å². The van der Waals surface area contributed by atoms with E-state index in [0.717, 1.165) is 30.0 Å². The third-order valence-electron chi connectivity index (χ3n) is 2.38. The topological polar surface area (TPSA) is 45.2 Å². The van der Waals surface area contributed by atoms with Crippen molar-refractivity contribution in [2.24, 2.45) is 0 Å². The van der Waals surface area contributed by atoms with Crippen molar-refractivity contribution >= 4 is 17.4 Å². The minimum Gasteiger partial charge on any atom is -0.338 e. The molecule has 2 amide bonds. The molecule has 1 aromatic rings. The van der Waals surface area contributed by atoms with Gasteiger partial charge in [-0.25, -0.2) is 9.78 Å². The molecule has 0 unspecified atom stereocenters. The molecule has 0 fully saturated rings. The molecule has 1 aromatic heterocycles. The van der Waals surface area contributed by atoms with E-state index in [0.29, 0.717) is 6.54 Å². The molecule has 0 spiro atoms. The van der Waals surface area contributed by atoms with Crippen molar-refractivity contribution in [1.82, 2.24) is 15.2 Å². The number of aromatic nitrogens is 1. The molecule has 0 bridgehead atoms. The highest BCUT2D eigenvalue weighted by atomic mass is 32.1. The molecular weight excluding hydrogens is 222 g/mol. The van der Waals surface area contributed by atoms with Crippen LogP contribution >= 0.6 is 11.3 Å². The SMILES string of the molecule is CCCCNC(=O)N(C)Cc1scnc1C. The summed E-state index contributed by atoms with van der Waals surface area (Å²) in [6, 6.07) is -0.0127. The Hall–Kier alpha value is -1.10. The van der Waals surface area contributed by atoms with Crippen molar-refractivity contribution in [1.29, 1.82) is 0 Å². The number of thiazole rings is 1. The van der Waals surface area contributed by atoms with Crippen LogP contribution in [0, 0.1) is 6.92 Å². The molecule has 0 aliphatic rings. The van der Waals surface area contributed by atoms with E-state index in [1.54, 1.807) is 23.3 Å². The van der Waals surface area contributed by atoms with E-state index in [4.69, 9.17) is 0 Å². The second-order valence-electron chi connectivity index (χ2n) is 3.80. The lowest BCUT2D eigenvalue weighted by Crippen LogP contribution is -2.37. The van der Waals surface area contributed by atoms with Gasteiger partial charge < -0.3 is 10.2 Å². The van der Waals surface area contributed by atoms with Crippen LogP contribution in [-0.2, 0) is 6.54 Å². The number of urea groups is 1. The van der Waals surface area contributed by atoms with Crippen molar-refractivity contribution in [3.05, 3.63) is 16.1 Å². The monoisotopic (exact) mass is 241 g/mol. The molecule has 5 heteroatoms. The number of hydrogen-bond acceptors (Lipinski definition) is 3. The zero-order valence-electron chi connectivity index (χ0n) is 10.1. The molecule has 0 aromatic carbocycles. The predicted octanol–water partition coefficient (Wildman–Crippen LogP) is 2.39. The second kappa shape index (κ2) is 6.48. The quantitative estimate of drug-likeness (QED) is 0.805. The fraction of sp³-hybridized carbons (Fsp3) is 0.636. The maximum absolute atomic E-state index is 11.7. The van der Waals surface area contributed by atoms with E-state index in [2.05, 4.69) is 17.2 Å². The van der Waals surface area contributed by atoms with Crippen LogP contribution in [0.25, 0.3) is 0 Å². The first kappa shape index (κ1) is 13.0. The molecule has 0 atom stereocenters. The van der Waals surface area contributed by atoms with Gasteiger partial charge in [-0.15, -0.1) is 11.3 Å². The molecule has 90 valence electrons. The summed E-state index contributed by atoms with van der Waals surface area (Å²) in [5, 5.41) is 2.89. The lowest BCUT2D eigenvalue weighted by Gasteiger charge is -2.17. The third-order valence-corrected chi connectivity index (χ3v) is 3.30. The van der Waals surface area contributed by atoms with E-state index in [1.807, 2.05) is 12.4 Å². The number of nitrogens with zero attached hydrogens (tertiary/aromatic N) is 2. The van der Waals surface area contributed by atoms with Gasteiger partial charge in [0.1, 0.15) is 0 Å². The average molecular weight is 241 g/mol. The molecule has 1 N–H and O–H groups in total. The summed E-state index contributed by atoms with van der Waals surface area (Å²) in [7, 11) is 1.81. The van der Waals surface area contributed by atoms with E-state index in [9.17, 15) is 4.79 Å². The summed E-state index contributed by atoms with van der Waals surface area (Å²) in [4.78, 5) is 18.7. The number of aryl methyl sites for hydroxylation is 1. The molecule has 1 rings (SSSR count). The van der Waals surface area contributed by atoms with E-state index >= 15 is 0 Å². The summed E-state index contributed by atoms with van der Waals surface area (Å²) < 4.78 is 0. The first-order valence-corrected chi connectivity index (χ1v) is 6.41. The number of carbonyl (C=O) groups is 1. The highest BCUT2D eigenvalue weighted by Gasteiger charge is 2.10. The van der Waals surface area contributed by atoms with Crippen LogP contribution in [0.1, 0.15) is 30.3 Å². The van der Waals surface area contributed by atoms with Gasteiger partial charge in [0.05, 0.1) is 17.7 Å². The number of nitrogens with one attached hydrogen (secondary N) is 1. The van der Waals surface area contributed by atoms with Gasteiger partial charge in [-0.3, -0.25) is 0 Å². The maximum atomic E-state index is 11.7. The van der Waals surface area contributed by atoms with Crippen LogP contribution in [0.2, 0.25) is 0 Å². The fourth-order valence-corrected chi connectivity index (χ4v) is 2.10. The standard InChI is InChI=1S/C11H19N3OS/c1-4-5-6-12-11(15)14(3)7-10-9(2)13-8-16-10/h8H,4-7H2,1-3H3,(H,12,15). The van der Waals surface area contributed by atoms with Gasteiger partial charge in [-0.2, -0.15) is 0 Å². The highest BCUT2D eigenvalue weighted by molar-refractivity contribution is 7.09. The summed E-state index contributed by atoms with van der Waals surface area (Å²) in [5.74, 6) is 0. The molecule has 0 aliphatic carbocycles. The predicted molar refractivity (Wildman–Crippen MR) is 66.6 cm³/mol. The molecular formula is C11H19N3OS. The molecule has 0 aliphatic heterocycles. The Balaban J connectivity index is 2.37. The minimum atomic E-state index is -0.0127. The highest BCUT2D eigenvalue weighted by Crippen LogP contribution is 2.13. The summed E-state index contributed by atoms with van der Waals surface area (Å²) >= 11 is 1.59. The first-order valence-electron chi connectivity index (χ1n) is 5.53. The lowest BCUT2D eigenvalue weighted by atomic mass is 10.3. The van der Waals surface area contributed by atoms with Crippen LogP contribution < -0.4 is 5.32 Å². The van der Waals surface area contributed by atoms with Crippen molar-refractivity contribution in [3.8, 4) is 0 Å². The van der Waals surface area contributed by atoms with Gasteiger partial charge in [0.25, 0.3) is 0 Å². The van der Waals surface area contributed by atoms with E-state index in [-0.39, 0.29) is 6.03 Å². The molecule has 0 saturated carbocycles. The van der Waals surface area contributed by atoms with Crippen molar-refractivity contribution in [3.63, 3.8) is 0 Å². The molecule has 1 heterocycles. The largest absolute Gasteiger partial charge is 0.338 e. The van der Waals surface area contributed by atoms with Crippen molar-refractivity contribution < 1.29 is 4.79 Å². The van der Waals surface area contributed by atoms with Crippen molar-refractivity contribution in [2.45, 2.75) is 33.2 Å². The van der Waals surface area contributed by atoms with Crippen LogP contribution in [0.15, 0.2) is 5.51 Å². The van der Waals surface area contributed by atoms with E-state index in [1.165, 1.54) is 0 Å². The average Bonchev–Trinajstić information content (AvgIpc) is 2.64. The zero-order valence-corrected chi connectivity index (χ0v) is 10.9. The number of carbonyl (C=O) groups excluding carboxylic acids is 1. The number of unbranched alkanes of at least 4 members (excludes halogenated alkanes) is 1. The van der Waals surface area contributed by atoms with Gasteiger partial charge in [-0.05, 0) is 13.3 Å².